The number of benzene rings is 1. The van der Waals surface area contributed by atoms with Crippen LogP contribution in [0.4, 0.5) is 5.69 Å². The zero-order chi connectivity index (χ0) is 14.3. The van der Waals surface area contributed by atoms with Crippen molar-refractivity contribution in [3.8, 4) is 0 Å². The predicted molar refractivity (Wildman–Crippen MR) is 81.6 cm³/mol. The van der Waals surface area contributed by atoms with Gasteiger partial charge in [0.2, 0.25) is 5.91 Å². The molecule has 0 radical (unpaired) electrons. The molecule has 1 amide bonds. The Morgan fingerprint density at radius 3 is 2.70 bits per heavy atom. The van der Waals surface area contributed by atoms with Crippen molar-refractivity contribution in [2.75, 3.05) is 30.9 Å². The maximum atomic E-state index is 11.8. The Bertz CT molecular complexity index is 539. The first-order valence-corrected chi connectivity index (χ1v) is 7.71. The minimum Gasteiger partial charge on any atom is -0.407 e. The average molecular weight is 291 g/mol. The highest BCUT2D eigenvalue weighted by Crippen LogP contribution is 2.33. The first-order valence-electron chi connectivity index (χ1n) is 6.73. The number of hydrogen-bond acceptors (Lipinski definition) is 4. The predicted octanol–water partition coefficient (Wildman–Crippen LogP) is 1.52. The molecule has 2 aliphatic rings. The van der Waals surface area contributed by atoms with Gasteiger partial charge >= 0.3 is 7.12 Å². The summed E-state index contributed by atoms with van der Waals surface area (Å²) < 4.78 is 11.6. The van der Waals surface area contributed by atoms with Crippen molar-refractivity contribution >= 4 is 35.9 Å². The Balaban J connectivity index is 1.84. The third-order valence-electron chi connectivity index (χ3n) is 3.59. The summed E-state index contributed by atoms with van der Waals surface area (Å²) in [6, 6.07) is 6.07. The molecule has 1 fully saturated rings. The van der Waals surface area contributed by atoms with Gasteiger partial charge in [0.15, 0.2) is 0 Å². The first-order chi connectivity index (χ1) is 9.46. The fourth-order valence-corrected chi connectivity index (χ4v) is 3.30. The quantitative estimate of drug-likeness (QED) is 0.735. The lowest BCUT2D eigenvalue weighted by molar-refractivity contribution is -0.116. The van der Waals surface area contributed by atoms with Crippen LogP contribution in [-0.2, 0) is 14.1 Å². The summed E-state index contributed by atoms with van der Waals surface area (Å²) in [6.07, 6.45) is 0. The number of rotatable bonds is 1. The Morgan fingerprint density at radius 2 is 2.00 bits per heavy atom. The molecular weight excluding hydrogens is 273 g/mol. The summed E-state index contributed by atoms with van der Waals surface area (Å²) >= 11 is 1.58. The number of thioether (sulfide) groups is 1. The second-order valence-corrected chi connectivity index (χ2v) is 7.10. The maximum absolute atomic E-state index is 11.8. The van der Waals surface area contributed by atoms with Crippen LogP contribution in [-0.4, -0.2) is 39.0 Å². The number of fused-ring (bicyclic) bond motifs is 1. The summed E-state index contributed by atoms with van der Waals surface area (Å²) in [7, 11) is 1.49. The second kappa shape index (κ2) is 5.09. The highest BCUT2D eigenvalue weighted by Gasteiger charge is 2.34. The van der Waals surface area contributed by atoms with Gasteiger partial charge in [0.05, 0.1) is 11.4 Å². The topological polar surface area (TPSA) is 38.8 Å². The molecule has 0 saturated carbocycles. The smallest absolute Gasteiger partial charge is 0.407 e. The van der Waals surface area contributed by atoms with E-state index in [0.717, 1.165) is 16.0 Å². The number of amides is 1. The Morgan fingerprint density at radius 1 is 1.30 bits per heavy atom. The van der Waals surface area contributed by atoms with Gasteiger partial charge < -0.3 is 14.2 Å². The summed E-state index contributed by atoms with van der Waals surface area (Å²) in [5, 5.41) is 0. The highest BCUT2D eigenvalue weighted by molar-refractivity contribution is 8.00. The van der Waals surface area contributed by atoms with E-state index in [2.05, 4.69) is 13.8 Å². The molecule has 0 bridgehead atoms. The second-order valence-electron chi connectivity index (χ2n) is 6.09. The Hall–Kier alpha value is -0.975. The van der Waals surface area contributed by atoms with Crippen LogP contribution in [0.1, 0.15) is 13.8 Å². The van der Waals surface area contributed by atoms with Crippen LogP contribution in [0.25, 0.3) is 0 Å². The van der Waals surface area contributed by atoms with Crippen molar-refractivity contribution in [2.24, 2.45) is 5.41 Å². The van der Waals surface area contributed by atoms with Crippen molar-refractivity contribution < 1.29 is 14.1 Å². The molecule has 2 heterocycles. The Labute approximate surface area is 124 Å². The van der Waals surface area contributed by atoms with E-state index in [1.165, 1.54) is 0 Å². The third-order valence-corrected chi connectivity index (χ3v) is 4.64. The van der Waals surface area contributed by atoms with Crippen LogP contribution in [0.15, 0.2) is 23.1 Å². The highest BCUT2D eigenvalue weighted by atomic mass is 32.2. The molecule has 2 aliphatic heterocycles. The van der Waals surface area contributed by atoms with E-state index in [1.807, 2.05) is 25.2 Å². The molecule has 106 valence electrons. The van der Waals surface area contributed by atoms with E-state index in [0.29, 0.717) is 19.0 Å². The lowest BCUT2D eigenvalue weighted by atomic mass is 9.75. The maximum Gasteiger partial charge on any atom is 0.493 e. The molecule has 6 heteroatoms. The first kappa shape index (κ1) is 14.0. The molecule has 1 aromatic carbocycles. The summed E-state index contributed by atoms with van der Waals surface area (Å²) in [5.74, 6) is 0.638. The zero-order valence-electron chi connectivity index (χ0n) is 12.0. The lowest BCUT2D eigenvalue weighted by Gasteiger charge is -2.33. The minimum absolute atomic E-state index is 0.0628. The number of anilines is 1. The van der Waals surface area contributed by atoms with Gasteiger partial charge in [-0.2, -0.15) is 0 Å². The molecular formula is C14H18BNO3S. The molecule has 0 atom stereocenters. The fraction of sp³-hybridized carbons (Fsp3) is 0.500. The van der Waals surface area contributed by atoms with E-state index >= 15 is 0 Å². The fourth-order valence-electron chi connectivity index (χ4n) is 2.32. The normalized spacial score (nSPS) is 21.9. The molecule has 20 heavy (non-hydrogen) atoms. The van der Waals surface area contributed by atoms with Crippen LogP contribution < -0.4 is 10.4 Å². The Kier molecular flexibility index (Phi) is 3.56. The minimum atomic E-state index is -0.330. The number of nitrogens with zero attached hydrogens (tertiary/aromatic N) is 1. The molecule has 0 unspecified atom stereocenters. The summed E-state index contributed by atoms with van der Waals surface area (Å²) in [6.45, 7) is 5.61. The average Bonchev–Trinajstić information content (AvgIpc) is 2.43. The molecule has 0 aromatic heterocycles. The van der Waals surface area contributed by atoms with E-state index in [9.17, 15) is 4.79 Å². The molecule has 1 aromatic rings. The van der Waals surface area contributed by atoms with Crippen LogP contribution in [0.3, 0.4) is 0 Å². The van der Waals surface area contributed by atoms with Crippen LogP contribution in [0, 0.1) is 5.41 Å². The van der Waals surface area contributed by atoms with Crippen molar-refractivity contribution in [1.82, 2.24) is 0 Å². The number of carbonyl (C=O) groups is 1. The van der Waals surface area contributed by atoms with Crippen LogP contribution >= 0.6 is 11.8 Å². The largest absolute Gasteiger partial charge is 0.493 e. The van der Waals surface area contributed by atoms with Gasteiger partial charge in [-0.25, -0.2) is 0 Å². The third kappa shape index (κ3) is 2.60. The molecule has 1 saturated heterocycles. The van der Waals surface area contributed by atoms with Gasteiger partial charge in [0.25, 0.3) is 0 Å². The molecule has 4 nitrogen and oxygen atoms in total. The van der Waals surface area contributed by atoms with Crippen molar-refractivity contribution in [3.05, 3.63) is 18.2 Å². The van der Waals surface area contributed by atoms with Gasteiger partial charge in [-0.15, -0.1) is 11.8 Å². The monoisotopic (exact) mass is 291 g/mol. The van der Waals surface area contributed by atoms with E-state index in [4.69, 9.17) is 9.31 Å². The number of carbonyl (C=O) groups excluding carboxylic acids is 1. The van der Waals surface area contributed by atoms with Crippen LogP contribution in [0.2, 0.25) is 0 Å². The standard InChI is InChI=1S/C14H18BNO3S/c1-14(2)8-18-15(19-9-14)10-4-5-12-11(6-10)16(3)13(17)7-20-12/h4-6H,7-9H2,1-3H3. The zero-order valence-corrected chi connectivity index (χ0v) is 12.8. The van der Waals surface area contributed by atoms with Gasteiger partial charge in [-0.1, -0.05) is 19.9 Å². The molecule has 3 rings (SSSR count). The van der Waals surface area contributed by atoms with E-state index < -0.39 is 0 Å². The number of hydrogen-bond donors (Lipinski definition) is 0. The molecule has 0 aliphatic carbocycles. The van der Waals surface area contributed by atoms with Crippen molar-refractivity contribution in [1.29, 1.82) is 0 Å². The molecule has 0 N–H and O–H groups in total. The lowest BCUT2D eigenvalue weighted by Crippen LogP contribution is -2.47. The van der Waals surface area contributed by atoms with E-state index in [-0.39, 0.29) is 18.4 Å². The van der Waals surface area contributed by atoms with Gasteiger partial charge in [0, 0.05) is 30.6 Å². The SMILES string of the molecule is CN1C(=O)CSc2ccc(B3OCC(C)(C)CO3)cc21. The summed E-state index contributed by atoms with van der Waals surface area (Å²) in [4.78, 5) is 14.6. The summed E-state index contributed by atoms with van der Waals surface area (Å²) in [5.41, 5.74) is 1.98. The van der Waals surface area contributed by atoms with Crippen molar-refractivity contribution in [3.63, 3.8) is 0 Å². The van der Waals surface area contributed by atoms with E-state index in [1.54, 1.807) is 16.7 Å². The van der Waals surface area contributed by atoms with Gasteiger partial charge in [0.1, 0.15) is 0 Å². The van der Waals surface area contributed by atoms with Crippen molar-refractivity contribution in [2.45, 2.75) is 18.7 Å². The molecule has 0 spiro atoms. The van der Waals surface area contributed by atoms with Gasteiger partial charge in [-0.05, 0) is 17.6 Å². The van der Waals surface area contributed by atoms with Crippen LogP contribution in [0.5, 0.6) is 0 Å². The van der Waals surface area contributed by atoms with Gasteiger partial charge in [-0.3, -0.25) is 4.79 Å².